The zero-order valence-corrected chi connectivity index (χ0v) is 35.8. The van der Waals surface area contributed by atoms with Crippen LogP contribution in [0.5, 0.6) is 0 Å². The number of likely N-dealkylation sites (tertiary alicyclic amines) is 1. The smallest absolute Gasteiger partial charge is 0.293 e. The van der Waals surface area contributed by atoms with Crippen molar-refractivity contribution in [3.63, 3.8) is 0 Å². The van der Waals surface area contributed by atoms with Gasteiger partial charge in [0.05, 0.1) is 21.4 Å². The van der Waals surface area contributed by atoms with Crippen LogP contribution in [0.1, 0.15) is 18.4 Å². The van der Waals surface area contributed by atoms with Gasteiger partial charge in [0.2, 0.25) is 0 Å². The Morgan fingerprint density at radius 2 is 1.66 bits per heavy atom. The number of sulfonamides is 1. The molecule has 316 valence electrons. The summed E-state index contributed by atoms with van der Waals surface area (Å²) in [5.41, 5.74) is 5.00. The van der Waals surface area contributed by atoms with E-state index in [0.29, 0.717) is 41.2 Å². The molecular formula is C45H47ClN8O5S2. The molecule has 0 spiro atoms. The highest BCUT2D eigenvalue weighted by atomic mass is 35.5. The van der Waals surface area contributed by atoms with E-state index in [4.69, 9.17) is 11.6 Å². The highest BCUT2D eigenvalue weighted by Gasteiger charge is 2.26. The van der Waals surface area contributed by atoms with Gasteiger partial charge >= 0.3 is 0 Å². The molecule has 0 radical (unpaired) electrons. The van der Waals surface area contributed by atoms with Crippen LogP contribution in [0.3, 0.4) is 0 Å². The van der Waals surface area contributed by atoms with Gasteiger partial charge in [-0.25, -0.2) is 18.4 Å². The third-order valence-electron chi connectivity index (χ3n) is 11.2. The molecule has 16 heteroatoms. The molecule has 3 heterocycles. The first kappa shape index (κ1) is 42.4. The molecule has 2 saturated heterocycles. The van der Waals surface area contributed by atoms with E-state index in [1.54, 1.807) is 11.8 Å². The average molecular weight is 880 g/mol. The molecule has 8 rings (SSSR count). The molecule has 0 amide bonds. The Hall–Kier alpha value is -5.29. The van der Waals surface area contributed by atoms with Crippen molar-refractivity contribution in [1.82, 2.24) is 19.8 Å². The number of nitrogens with zero attached hydrogens (tertiary/aromatic N) is 6. The van der Waals surface area contributed by atoms with Crippen LogP contribution < -0.4 is 14.9 Å². The molecule has 13 nitrogen and oxygen atoms in total. The van der Waals surface area contributed by atoms with Crippen molar-refractivity contribution in [3.8, 4) is 11.1 Å². The van der Waals surface area contributed by atoms with Crippen molar-refractivity contribution in [3.05, 3.63) is 142 Å². The third kappa shape index (κ3) is 10.6. The van der Waals surface area contributed by atoms with Gasteiger partial charge in [-0.05, 0) is 84.1 Å². The van der Waals surface area contributed by atoms with Crippen LogP contribution in [0.4, 0.5) is 22.9 Å². The predicted molar refractivity (Wildman–Crippen MR) is 244 cm³/mol. The number of aliphatic hydroxyl groups excluding tert-OH is 1. The molecule has 0 unspecified atom stereocenters. The number of aromatic nitrogens is 2. The van der Waals surface area contributed by atoms with Crippen molar-refractivity contribution in [2.75, 3.05) is 66.5 Å². The van der Waals surface area contributed by atoms with Crippen molar-refractivity contribution in [2.45, 2.75) is 41.3 Å². The van der Waals surface area contributed by atoms with E-state index >= 15 is 0 Å². The summed E-state index contributed by atoms with van der Waals surface area (Å²) >= 11 is 7.78. The van der Waals surface area contributed by atoms with Crippen molar-refractivity contribution < 1.29 is 18.4 Å². The summed E-state index contributed by atoms with van der Waals surface area (Å²) in [6, 6.07) is 35.7. The lowest BCUT2D eigenvalue weighted by atomic mass is 9.99. The van der Waals surface area contributed by atoms with Gasteiger partial charge < -0.3 is 20.2 Å². The summed E-state index contributed by atoms with van der Waals surface area (Å²) in [4.78, 5) is 28.3. The van der Waals surface area contributed by atoms with Crippen LogP contribution in [-0.2, 0) is 16.6 Å². The molecule has 5 aromatic carbocycles. The summed E-state index contributed by atoms with van der Waals surface area (Å²) in [5, 5.41) is 27.0. The number of β-amino-alcohol motifs (C(OH)–C–C–N with tert-alkyl or cyclic N) is 1. The normalized spacial score (nSPS) is 16.8. The van der Waals surface area contributed by atoms with Crippen LogP contribution in [0.2, 0.25) is 5.02 Å². The maximum atomic E-state index is 13.8. The summed E-state index contributed by atoms with van der Waals surface area (Å²) in [5.74, 6) is 0.703. The molecule has 0 bridgehead atoms. The summed E-state index contributed by atoms with van der Waals surface area (Å²) < 4.78 is 30.2. The molecular weight excluding hydrogens is 832 g/mol. The lowest BCUT2D eigenvalue weighted by molar-refractivity contribution is -0.384. The van der Waals surface area contributed by atoms with Crippen molar-refractivity contribution >= 4 is 67.2 Å². The van der Waals surface area contributed by atoms with Crippen LogP contribution in [0, 0.1) is 10.1 Å². The van der Waals surface area contributed by atoms with E-state index < -0.39 is 14.9 Å². The Morgan fingerprint density at radius 1 is 0.885 bits per heavy atom. The SMILES string of the molecule is O=[N+]([O-])c1cc(S(=O)(=O)Nc2ncnc3cc(N4CCN(Cc5ccccc5-c5ccc(Cl)cc5)CC4)ccc23)ccc1N[C@H](CCN1CC[C@@H](O)C1)CSc1ccccc1. The Labute approximate surface area is 365 Å². The van der Waals surface area contributed by atoms with Crippen molar-refractivity contribution in [2.24, 2.45) is 0 Å². The number of fused-ring (bicyclic) bond motifs is 1. The fraction of sp³-hybridized carbons (Fsp3) is 0.289. The van der Waals surface area contributed by atoms with Gasteiger partial charge in [0, 0.05) is 91.2 Å². The Morgan fingerprint density at radius 3 is 2.41 bits per heavy atom. The van der Waals surface area contributed by atoms with Crippen LogP contribution >= 0.6 is 23.4 Å². The number of benzene rings is 5. The minimum atomic E-state index is -4.29. The number of hydrogen-bond donors (Lipinski definition) is 3. The first-order valence-electron chi connectivity index (χ1n) is 20.3. The van der Waals surface area contributed by atoms with Crippen molar-refractivity contribution in [1.29, 1.82) is 0 Å². The van der Waals surface area contributed by atoms with Gasteiger partial charge in [0.15, 0.2) is 5.82 Å². The number of nitro groups is 1. The summed E-state index contributed by atoms with van der Waals surface area (Å²) in [7, 11) is -4.29. The van der Waals surface area contributed by atoms with Crippen LogP contribution in [0.15, 0.2) is 131 Å². The lowest BCUT2D eigenvalue weighted by Gasteiger charge is -2.36. The van der Waals surface area contributed by atoms with E-state index in [2.05, 4.69) is 71.1 Å². The molecule has 0 aliphatic carbocycles. The monoisotopic (exact) mass is 878 g/mol. The van der Waals surface area contributed by atoms with Gasteiger partial charge in [-0.1, -0.05) is 66.2 Å². The molecule has 0 saturated carbocycles. The maximum Gasteiger partial charge on any atom is 0.293 e. The number of rotatable bonds is 16. The third-order valence-corrected chi connectivity index (χ3v) is 14.0. The van der Waals surface area contributed by atoms with Gasteiger partial charge in [-0.3, -0.25) is 19.7 Å². The largest absolute Gasteiger partial charge is 0.392 e. The van der Waals surface area contributed by atoms with Gasteiger partial charge in [0.25, 0.3) is 15.7 Å². The maximum absolute atomic E-state index is 13.8. The minimum Gasteiger partial charge on any atom is -0.392 e. The highest BCUT2D eigenvalue weighted by molar-refractivity contribution is 7.99. The summed E-state index contributed by atoms with van der Waals surface area (Å²) in [6.45, 7) is 6.25. The molecule has 3 N–H and O–H groups in total. The number of nitro benzene ring substituents is 1. The number of anilines is 3. The number of nitrogens with one attached hydrogen (secondary N) is 2. The van der Waals surface area contributed by atoms with E-state index in [1.807, 2.05) is 60.7 Å². The number of hydrogen-bond acceptors (Lipinski definition) is 12. The Bertz CT molecular complexity index is 2580. The van der Waals surface area contributed by atoms with Gasteiger partial charge in [-0.2, -0.15) is 0 Å². The Balaban J connectivity index is 0.934. The van der Waals surface area contributed by atoms with E-state index in [1.165, 1.54) is 29.6 Å². The molecule has 1 aromatic heterocycles. The molecule has 2 fully saturated rings. The predicted octanol–water partition coefficient (Wildman–Crippen LogP) is 8.01. The minimum absolute atomic E-state index is 0.0793. The summed E-state index contributed by atoms with van der Waals surface area (Å²) in [6.07, 6.45) is 2.36. The standard InChI is InChI=1S/C45H47ClN8O5S2/c46-34-12-10-32(11-13-34)40-9-5-4-6-33(40)28-52-22-24-53(25-23-52)36-14-16-41-43(26-36)47-31-48-45(41)50-61(58,59)39-15-17-42(44(27-39)54(56)57)49-35(18-20-51-21-19-37(55)29-51)30-60-38-7-2-1-3-8-38/h1-17,26-27,31,35,37,49,55H,18-25,28-30H2,(H,47,48,50)/t35-,37-/m1/s1. The number of halogens is 1. The fourth-order valence-electron chi connectivity index (χ4n) is 7.92. The average Bonchev–Trinajstić information content (AvgIpc) is 3.70. The van der Waals surface area contributed by atoms with Gasteiger partial charge in [0.1, 0.15) is 12.0 Å². The quantitative estimate of drug-likeness (QED) is 0.0490. The number of thioether (sulfide) groups is 1. The van der Waals surface area contributed by atoms with Crippen LogP contribution in [-0.4, -0.2) is 102 Å². The topological polar surface area (TPSA) is 157 Å². The second-order valence-corrected chi connectivity index (χ2v) is 18.6. The second-order valence-electron chi connectivity index (χ2n) is 15.4. The van der Waals surface area contributed by atoms with Gasteiger partial charge in [-0.15, -0.1) is 11.8 Å². The van der Waals surface area contributed by atoms with E-state index in [-0.39, 0.29) is 34.2 Å². The fourth-order valence-corrected chi connectivity index (χ4v) is 10.1. The van der Waals surface area contributed by atoms with Crippen LogP contribution in [0.25, 0.3) is 22.0 Å². The highest BCUT2D eigenvalue weighted by Crippen LogP contribution is 2.33. The van der Waals surface area contributed by atoms with E-state index in [9.17, 15) is 23.6 Å². The molecule has 61 heavy (non-hydrogen) atoms. The Kier molecular flexibility index (Phi) is 13.3. The first-order chi connectivity index (χ1) is 29.6. The first-order valence-corrected chi connectivity index (χ1v) is 23.1. The second kappa shape index (κ2) is 19.2. The molecule has 2 atom stereocenters. The number of piperazine rings is 1. The molecule has 2 aliphatic heterocycles. The zero-order chi connectivity index (χ0) is 42.3. The molecule has 2 aliphatic rings. The lowest BCUT2D eigenvalue weighted by Crippen LogP contribution is -2.46. The van der Waals surface area contributed by atoms with E-state index in [0.717, 1.165) is 67.9 Å². The number of aliphatic hydroxyl groups is 1. The molecule has 6 aromatic rings. The zero-order valence-electron chi connectivity index (χ0n) is 33.4.